The van der Waals surface area contributed by atoms with Crippen LogP contribution in [-0.2, 0) is 0 Å². The molecule has 8 nitrogen and oxygen atoms in total. The number of likely N-dealkylation sites (N-methyl/N-ethyl adjacent to an activating group) is 1. The van der Waals surface area contributed by atoms with Crippen molar-refractivity contribution >= 4 is 34.7 Å². The van der Waals surface area contributed by atoms with Crippen molar-refractivity contribution in [1.82, 2.24) is 20.2 Å². The fourth-order valence-corrected chi connectivity index (χ4v) is 2.98. The van der Waals surface area contributed by atoms with Crippen LogP contribution in [0.5, 0.6) is 5.88 Å². The molecule has 0 aliphatic carbocycles. The summed E-state index contributed by atoms with van der Waals surface area (Å²) in [5.41, 5.74) is 1.11. The molecule has 9 heteroatoms. The molecule has 1 saturated heterocycles. The van der Waals surface area contributed by atoms with Gasteiger partial charge in [0.05, 0.1) is 24.1 Å². The molecule has 0 radical (unpaired) electrons. The van der Waals surface area contributed by atoms with Gasteiger partial charge in [0.2, 0.25) is 5.88 Å². The summed E-state index contributed by atoms with van der Waals surface area (Å²) < 4.78 is 5.29. The highest BCUT2D eigenvalue weighted by Crippen LogP contribution is 2.14. The van der Waals surface area contributed by atoms with Crippen LogP contribution < -0.4 is 20.3 Å². The standard InChI is InChI=1S/C19H24N6O2S/c1-3-27-17-7-5-15(13-21-17)22-19(28)23-18(26)14-4-6-16(20-12-14)25-10-8-24(2)9-11-25/h4-7,12-13H,3,8-11H2,1-2H3,(H2,22,23,26,28). The highest BCUT2D eigenvalue weighted by atomic mass is 32.1. The number of anilines is 2. The van der Waals surface area contributed by atoms with E-state index in [1.54, 1.807) is 30.6 Å². The number of hydrogen-bond donors (Lipinski definition) is 2. The monoisotopic (exact) mass is 400 g/mol. The number of pyridine rings is 2. The second-order valence-corrected chi connectivity index (χ2v) is 6.83. The molecule has 28 heavy (non-hydrogen) atoms. The van der Waals surface area contributed by atoms with Crippen molar-refractivity contribution in [3.63, 3.8) is 0 Å². The molecular weight excluding hydrogens is 376 g/mol. The Labute approximate surface area is 169 Å². The van der Waals surface area contributed by atoms with Crippen molar-refractivity contribution in [3.8, 4) is 5.88 Å². The first-order chi connectivity index (χ1) is 13.5. The maximum Gasteiger partial charge on any atom is 0.258 e. The van der Waals surface area contributed by atoms with E-state index in [0.717, 1.165) is 32.0 Å². The molecule has 2 N–H and O–H groups in total. The van der Waals surface area contributed by atoms with Crippen LogP contribution in [0.3, 0.4) is 0 Å². The van der Waals surface area contributed by atoms with Gasteiger partial charge >= 0.3 is 0 Å². The number of hydrogen-bond acceptors (Lipinski definition) is 7. The lowest BCUT2D eigenvalue weighted by Crippen LogP contribution is -2.44. The summed E-state index contributed by atoms with van der Waals surface area (Å²) in [6.07, 6.45) is 3.17. The Morgan fingerprint density at radius 1 is 1.14 bits per heavy atom. The molecule has 1 fully saturated rings. The van der Waals surface area contributed by atoms with Crippen LogP contribution in [0.15, 0.2) is 36.7 Å². The van der Waals surface area contributed by atoms with E-state index < -0.39 is 0 Å². The van der Waals surface area contributed by atoms with Gasteiger partial charge in [-0.2, -0.15) is 0 Å². The van der Waals surface area contributed by atoms with Gasteiger partial charge in [-0.05, 0) is 44.4 Å². The number of ether oxygens (including phenoxy) is 1. The van der Waals surface area contributed by atoms with Crippen molar-refractivity contribution < 1.29 is 9.53 Å². The molecular formula is C19H24N6O2S. The third-order valence-corrected chi connectivity index (χ3v) is 4.55. The van der Waals surface area contributed by atoms with Gasteiger partial charge in [-0.1, -0.05) is 0 Å². The van der Waals surface area contributed by atoms with Crippen LogP contribution >= 0.6 is 12.2 Å². The molecule has 3 heterocycles. The van der Waals surface area contributed by atoms with Gasteiger partial charge in [0, 0.05) is 38.4 Å². The number of carbonyl (C=O) groups excluding carboxylic acids is 1. The minimum Gasteiger partial charge on any atom is -0.478 e. The van der Waals surface area contributed by atoms with Crippen molar-refractivity contribution in [2.45, 2.75) is 6.92 Å². The summed E-state index contributed by atoms with van der Waals surface area (Å²) in [4.78, 5) is 25.4. The quantitative estimate of drug-likeness (QED) is 0.735. The highest BCUT2D eigenvalue weighted by molar-refractivity contribution is 7.80. The number of thiocarbonyl (C=S) groups is 1. The summed E-state index contributed by atoms with van der Waals surface area (Å²) in [7, 11) is 2.11. The zero-order valence-electron chi connectivity index (χ0n) is 16.0. The third kappa shape index (κ3) is 5.37. The molecule has 1 amide bonds. The molecule has 0 aromatic carbocycles. The van der Waals surface area contributed by atoms with Crippen LogP contribution in [-0.4, -0.2) is 65.7 Å². The molecule has 0 atom stereocenters. The van der Waals surface area contributed by atoms with Gasteiger partial charge in [0.25, 0.3) is 5.91 Å². The number of aromatic nitrogens is 2. The van der Waals surface area contributed by atoms with Crippen LogP contribution in [0.2, 0.25) is 0 Å². The molecule has 148 valence electrons. The number of rotatable bonds is 5. The summed E-state index contributed by atoms with van der Waals surface area (Å²) in [5.74, 6) is 1.11. The first kappa shape index (κ1) is 20.0. The Morgan fingerprint density at radius 3 is 2.54 bits per heavy atom. The molecule has 2 aromatic rings. The Kier molecular flexibility index (Phi) is 6.72. The van der Waals surface area contributed by atoms with E-state index in [1.165, 1.54) is 0 Å². The Bertz CT molecular complexity index is 804. The Morgan fingerprint density at radius 2 is 1.93 bits per heavy atom. The second kappa shape index (κ2) is 9.43. The van der Waals surface area contributed by atoms with Crippen LogP contribution in [0.4, 0.5) is 11.5 Å². The fourth-order valence-electron chi connectivity index (χ4n) is 2.77. The Hall–Kier alpha value is -2.78. The van der Waals surface area contributed by atoms with E-state index in [2.05, 4.69) is 37.4 Å². The SMILES string of the molecule is CCOc1ccc(NC(=S)NC(=O)c2ccc(N3CCN(C)CC3)nc2)cn1. The van der Waals surface area contributed by atoms with Crippen molar-refractivity contribution in [2.75, 3.05) is 50.1 Å². The van der Waals surface area contributed by atoms with Gasteiger partial charge in [0.15, 0.2) is 5.11 Å². The number of nitrogens with zero attached hydrogens (tertiary/aromatic N) is 4. The van der Waals surface area contributed by atoms with Crippen molar-refractivity contribution in [1.29, 1.82) is 0 Å². The maximum atomic E-state index is 12.4. The van der Waals surface area contributed by atoms with E-state index >= 15 is 0 Å². The smallest absolute Gasteiger partial charge is 0.258 e. The van der Waals surface area contributed by atoms with Crippen LogP contribution in [0.1, 0.15) is 17.3 Å². The van der Waals surface area contributed by atoms with Crippen molar-refractivity contribution in [3.05, 3.63) is 42.2 Å². The number of piperazine rings is 1. The minimum absolute atomic E-state index is 0.194. The zero-order valence-corrected chi connectivity index (χ0v) is 16.8. The molecule has 0 spiro atoms. The molecule has 0 saturated carbocycles. The number of nitrogens with one attached hydrogen (secondary N) is 2. The molecule has 1 aliphatic rings. The summed E-state index contributed by atoms with van der Waals surface area (Å²) in [6, 6.07) is 7.14. The maximum absolute atomic E-state index is 12.4. The van der Waals surface area contributed by atoms with Gasteiger partial charge in [0.1, 0.15) is 5.82 Å². The largest absolute Gasteiger partial charge is 0.478 e. The summed E-state index contributed by atoms with van der Waals surface area (Å²) in [5, 5.41) is 5.77. The second-order valence-electron chi connectivity index (χ2n) is 6.42. The van der Waals surface area contributed by atoms with E-state index in [0.29, 0.717) is 23.7 Å². The number of carbonyl (C=O) groups is 1. The van der Waals surface area contributed by atoms with E-state index in [1.807, 2.05) is 13.0 Å². The average Bonchev–Trinajstić information content (AvgIpc) is 2.70. The van der Waals surface area contributed by atoms with E-state index in [9.17, 15) is 4.79 Å². The molecule has 0 unspecified atom stereocenters. The van der Waals surface area contributed by atoms with Crippen LogP contribution in [0, 0.1) is 0 Å². The molecule has 1 aliphatic heterocycles. The van der Waals surface area contributed by atoms with Gasteiger partial charge in [-0.25, -0.2) is 9.97 Å². The lowest BCUT2D eigenvalue weighted by molar-refractivity contribution is 0.0977. The predicted octanol–water partition coefficient (Wildman–Crippen LogP) is 1.75. The predicted molar refractivity (Wildman–Crippen MR) is 113 cm³/mol. The average molecular weight is 401 g/mol. The fraction of sp³-hybridized carbons (Fsp3) is 0.368. The van der Waals surface area contributed by atoms with E-state index in [4.69, 9.17) is 17.0 Å². The molecule has 2 aromatic heterocycles. The Balaban J connectivity index is 1.53. The highest BCUT2D eigenvalue weighted by Gasteiger charge is 2.16. The van der Waals surface area contributed by atoms with E-state index in [-0.39, 0.29) is 11.0 Å². The van der Waals surface area contributed by atoms with Gasteiger partial charge in [-0.3, -0.25) is 10.1 Å². The van der Waals surface area contributed by atoms with Crippen LogP contribution in [0.25, 0.3) is 0 Å². The zero-order chi connectivity index (χ0) is 19.9. The topological polar surface area (TPSA) is 82.6 Å². The third-order valence-electron chi connectivity index (χ3n) is 4.35. The molecule has 0 bridgehead atoms. The lowest BCUT2D eigenvalue weighted by Gasteiger charge is -2.33. The summed E-state index contributed by atoms with van der Waals surface area (Å²) in [6.45, 7) is 6.31. The first-order valence-corrected chi connectivity index (χ1v) is 9.56. The lowest BCUT2D eigenvalue weighted by atomic mass is 10.2. The van der Waals surface area contributed by atoms with Gasteiger partial charge < -0.3 is 19.9 Å². The normalized spacial score (nSPS) is 14.4. The van der Waals surface area contributed by atoms with Crippen molar-refractivity contribution in [2.24, 2.45) is 0 Å². The minimum atomic E-state index is -0.311. The molecule has 3 rings (SSSR count). The van der Waals surface area contributed by atoms with Gasteiger partial charge in [-0.15, -0.1) is 0 Å². The number of amides is 1. The first-order valence-electron chi connectivity index (χ1n) is 9.16. The summed E-state index contributed by atoms with van der Waals surface area (Å²) >= 11 is 5.20.